The number of fused-ring (bicyclic) bond motifs is 1. The van der Waals surface area contributed by atoms with Gasteiger partial charge in [-0.3, -0.25) is 9.88 Å². The van der Waals surface area contributed by atoms with E-state index in [0.29, 0.717) is 0 Å². The van der Waals surface area contributed by atoms with Gasteiger partial charge in [-0.05, 0) is 29.8 Å². The van der Waals surface area contributed by atoms with E-state index < -0.39 is 0 Å². The SMILES string of the molecule is Clc1ccc(C(c2ccc3ccccc3n2)N2CCNCC2)cc1. The average Bonchev–Trinajstić information content (AvgIpc) is 2.64. The first-order chi connectivity index (χ1) is 11.8. The molecule has 2 heterocycles. The maximum absolute atomic E-state index is 6.09. The van der Waals surface area contributed by atoms with Crippen LogP contribution in [0.15, 0.2) is 60.7 Å². The minimum absolute atomic E-state index is 0.161. The number of hydrogen-bond acceptors (Lipinski definition) is 3. The quantitative estimate of drug-likeness (QED) is 0.786. The highest BCUT2D eigenvalue weighted by Gasteiger charge is 2.25. The fourth-order valence-electron chi connectivity index (χ4n) is 3.39. The van der Waals surface area contributed by atoms with Crippen LogP contribution in [0.2, 0.25) is 5.02 Å². The minimum Gasteiger partial charge on any atom is -0.314 e. The maximum atomic E-state index is 6.09. The third-order valence-corrected chi connectivity index (χ3v) is 4.85. The van der Waals surface area contributed by atoms with E-state index in [2.05, 4.69) is 52.7 Å². The van der Waals surface area contributed by atoms with Crippen LogP contribution in [0.3, 0.4) is 0 Å². The third kappa shape index (κ3) is 3.16. The molecule has 1 unspecified atom stereocenters. The van der Waals surface area contributed by atoms with Gasteiger partial charge in [-0.25, -0.2) is 0 Å². The zero-order valence-corrected chi connectivity index (χ0v) is 14.2. The summed E-state index contributed by atoms with van der Waals surface area (Å²) in [6, 6.07) is 20.9. The molecule has 1 N–H and O–H groups in total. The highest BCUT2D eigenvalue weighted by Crippen LogP contribution is 2.29. The molecular formula is C20H20ClN3. The number of piperazine rings is 1. The van der Waals surface area contributed by atoms with Gasteiger partial charge >= 0.3 is 0 Å². The van der Waals surface area contributed by atoms with Gasteiger partial charge < -0.3 is 5.32 Å². The van der Waals surface area contributed by atoms with Gasteiger partial charge in [0.1, 0.15) is 0 Å². The van der Waals surface area contributed by atoms with Crippen LogP contribution in [0.4, 0.5) is 0 Å². The minimum atomic E-state index is 0.161. The lowest BCUT2D eigenvalue weighted by atomic mass is 10.00. The van der Waals surface area contributed by atoms with Crippen LogP contribution in [0.1, 0.15) is 17.3 Å². The Balaban J connectivity index is 1.79. The topological polar surface area (TPSA) is 28.2 Å². The standard InChI is InChI=1S/C20H20ClN3/c21-17-8-5-16(6-9-17)20(24-13-11-22-12-14-24)19-10-7-15-3-1-2-4-18(15)23-19/h1-10,20,22H,11-14H2. The number of halogens is 1. The number of hydrogen-bond donors (Lipinski definition) is 1. The van der Waals surface area contributed by atoms with E-state index in [1.165, 1.54) is 10.9 Å². The van der Waals surface area contributed by atoms with Crippen molar-refractivity contribution < 1.29 is 0 Å². The number of aromatic nitrogens is 1. The predicted molar refractivity (Wildman–Crippen MR) is 99.5 cm³/mol. The Bertz CT molecular complexity index is 826. The van der Waals surface area contributed by atoms with Gasteiger partial charge in [0.25, 0.3) is 0 Å². The predicted octanol–water partition coefficient (Wildman–Crippen LogP) is 3.88. The van der Waals surface area contributed by atoms with E-state index in [1.54, 1.807) is 0 Å². The Hall–Kier alpha value is -1.94. The molecule has 3 nitrogen and oxygen atoms in total. The summed E-state index contributed by atoms with van der Waals surface area (Å²) in [6.07, 6.45) is 0. The molecule has 1 aliphatic rings. The molecule has 24 heavy (non-hydrogen) atoms. The third-order valence-electron chi connectivity index (χ3n) is 4.60. The fraction of sp³-hybridized carbons (Fsp3) is 0.250. The van der Waals surface area contributed by atoms with Crippen LogP contribution in [0.5, 0.6) is 0 Å². The van der Waals surface area contributed by atoms with Gasteiger partial charge in [0, 0.05) is 36.6 Å². The van der Waals surface area contributed by atoms with Crippen molar-refractivity contribution in [3.8, 4) is 0 Å². The number of benzene rings is 2. The second-order valence-corrected chi connectivity index (χ2v) is 6.61. The van der Waals surface area contributed by atoms with Crippen molar-refractivity contribution in [1.29, 1.82) is 0 Å². The normalized spacial score (nSPS) is 17.0. The molecule has 0 radical (unpaired) electrons. The molecule has 0 aliphatic carbocycles. The van der Waals surface area contributed by atoms with Gasteiger partial charge in [-0.15, -0.1) is 0 Å². The Morgan fingerprint density at radius 2 is 1.67 bits per heavy atom. The molecule has 0 saturated carbocycles. The molecule has 2 aromatic carbocycles. The highest BCUT2D eigenvalue weighted by molar-refractivity contribution is 6.30. The number of rotatable bonds is 3. The summed E-state index contributed by atoms with van der Waals surface area (Å²) >= 11 is 6.09. The second kappa shape index (κ2) is 6.89. The molecule has 1 fully saturated rings. The van der Waals surface area contributed by atoms with Crippen molar-refractivity contribution in [2.24, 2.45) is 0 Å². The van der Waals surface area contributed by atoms with Crippen molar-refractivity contribution >= 4 is 22.5 Å². The summed E-state index contributed by atoms with van der Waals surface area (Å²) in [4.78, 5) is 7.45. The summed E-state index contributed by atoms with van der Waals surface area (Å²) in [5, 5.41) is 5.37. The first-order valence-electron chi connectivity index (χ1n) is 8.37. The van der Waals surface area contributed by atoms with Gasteiger partial charge in [-0.2, -0.15) is 0 Å². The van der Waals surface area contributed by atoms with Crippen molar-refractivity contribution in [2.45, 2.75) is 6.04 Å². The van der Waals surface area contributed by atoms with Crippen molar-refractivity contribution in [3.05, 3.63) is 76.9 Å². The molecule has 1 aliphatic heterocycles. The number of nitrogens with zero attached hydrogens (tertiary/aromatic N) is 2. The highest BCUT2D eigenvalue weighted by atomic mass is 35.5. The maximum Gasteiger partial charge on any atom is 0.0777 e. The van der Waals surface area contributed by atoms with Gasteiger partial charge in [0.05, 0.1) is 17.3 Å². The van der Waals surface area contributed by atoms with Crippen LogP contribution in [0.25, 0.3) is 10.9 Å². The lowest BCUT2D eigenvalue weighted by Gasteiger charge is -2.35. The molecule has 1 atom stereocenters. The number of nitrogens with one attached hydrogen (secondary N) is 1. The Labute approximate surface area is 147 Å². The summed E-state index contributed by atoms with van der Waals surface area (Å²) in [7, 11) is 0. The lowest BCUT2D eigenvalue weighted by molar-refractivity contribution is 0.196. The molecule has 4 heteroatoms. The van der Waals surface area contributed by atoms with Crippen LogP contribution < -0.4 is 5.32 Å². The fourth-order valence-corrected chi connectivity index (χ4v) is 3.51. The van der Waals surface area contributed by atoms with Crippen LogP contribution in [0, 0.1) is 0 Å². The summed E-state index contributed by atoms with van der Waals surface area (Å²) in [5.74, 6) is 0. The zero-order chi connectivity index (χ0) is 16.4. The van der Waals surface area contributed by atoms with Gasteiger partial charge in [0.15, 0.2) is 0 Å². The average molecular weight is 338 g/mol. The van der Waals surface area contributed by atoms with Gasteiger partial charge in [-0.1, -0.05) is 48.0 Å². The molecule has 1 aromatic heterocycles. The lowest BCUT2D eigenvalue weighted by Crippen LogP contribution is -2.45. The second-order valence-electron chi connectivity index (χ2n) is 6.17. The summed E-state index contributed by atoms with van der Waals surface area (Å²) in [6.45, 7) is 4.05. The molecule has 4 rings (SSSR count). The summed E-state index contributed by atoms with van der Waals surface area (Å²) in [5.41, 5.74) is 3.38. The van der Waals surface area contributed by atoms with E-state index in [1.807, 2.05) is 18.2 Å². The molecular weight excluding hydrogens is 318 g/mol. The zero-order valence-electron chi connectivity index (χ0n) is 13.5. The van der Waals surface area contributed by atoms with E-state index in [0.717, 1.165) is 42.4 Å². The molecule has 1 saturated heterocycles. The molecule has 3 aromatic rings. The smallest absolute Gasteiger partial charge is 0.0777 e. The number of pyridine rings is 1. The van der Waals surface area contributed by atoms with Crippen molar-refractivity contribution in [3.63, 3.8) is 0 Å². The van der Waals surface area contributed by atoms with E-state index in [-0.39, 0.29) is 6.04 Å². The van der Waals surface area contributed by atoms with Gasteiger partial charge in [0.2, 0.25) is 0 Å². The van der Waals surface area contributed by atoms with Crippen molar-refractivity contribution in [2.75, 3.05) is 26.2 Å². The first kappa shape index (κ1) is 15.6. The van der Waals surface area contributed by atoms with E-state index in [4.69, 9.17) is 16.6 Å². The molecule has 0 spiro atoms. The Morgan fingerprint density at radius 1 is 0.917 bits per heavy atom. The van der Waals surface area contributed by atoms with Crippen LogP contribution in [-0.2, 0) is 0 Å². The monoisotopic (exact) mass is 337 g/mol. The number of para-hydroxylation sites is 1. The molecule has 122 valence electrons. The summed E-state index contributed by atoms with van der Waals surface area (Å²) < 4.78 is 0. The molecule has 0 amide bonds. The Kier molecular flexibility index (Phi) is 4.48. The first-order valence-corrected chi connectivity index (χ1v) is 8.75. The molecule has 0 bridgehead atoms. The largest absolute Gasteiger partial charge is 0.314 e. The Morgan fingerprint density at radius 3 is 2.46 bits per heavy atom. The van der Waals surface area contributed by atoms with Crippen LogP contribution >= 0.6 is 11.6 Å². The van der Waals surface area contributed by atoms with Crippen molar-refractivity contribution in [1.82, 2.24) is 15.2 Å². The van der Waals surface area contributed by atoms with Crippen LogP contribution in [-0.4, -0.2) is 36.1 Å². The van der Waals surface area contributed by atoms with E-state index in [9.17, 15) is 0 Å². The van der Waals surface area contributed by atoms with E-state index >= 15 is 0 Å².